The van der Waals surface area contributed by atoms with Gasteiger partial charge in [-0.15, -0.1) is 0 Å². The van der Waals surface area contributed by atoms with Gasteiger partial charge in [-0.2, -0.15) is 0 Å². The summed E-state index contributed by atoms with van der Waals surface area (Å²) < 4.78 is 0. The molecule has 4 aliphatic carbocycles. The lowest BCUT2D eigenvalue weighted by Gasteiger charge is -2.59. The Labute approximate surface area is 180 Å². The van der Waals surface area contributed by atoms with Gasteiger partial charge < -0.3 is 20.6 Å². The number of carbonyl (C=O) groups excluding carboxylic acids is 2. The van der Waals surface area contributed by atoms with E-state index in [1.807, 2.05) is 6.92 Å². The first-order valence-corrected chi connectivity index (χ1v) is 10.6. The van der Waals surface area contributed by atoms with E-state index < -0.39 is 34.4 Å². The number of carbonyl (C=O) groups is 3. The van der Waals surface area contributed by atoms with E-state index in [9.17, 15) is 24.6 Å². The summed E-state index contributed by atoms with van der Waals surface area (Å²) in [5.41, 5.74) is -0.260. The molecule has 3 saturated carbocycles. The minimum absolute atomic E-state index is 0.00442. The molecule has 4 N–H and O–H groups in total. The summed E-state index contributed by atoms with van der Waals surface area (Å²) in [6, 6.07) is 2.16. The van der Waals surface area contributed by atoms with Crippen LogP contribution in [0, 0.1) is 22.7 Å². The Hall–Kier alpha value is -3.09. The average molecular weight is 425 g/mol. The first-order chi connectivity index (χ1) is 14.6. The Morgan fingerprint density at radius 2 is 2.03 bits per heavy atom. The lowest BCUT2D eigenvalue weighted by atomic mass is 9.44. The molecule has 164 valence electrons. The number of hydrogen-bond donors (Lipinski definition) is 4. The zero-order chi connectivity index (χ0) is 22.6. The number of aromatic hydroxyl groups is 2. The Morgan fingerprint density at radius 3 is 2.71 bits per heavy atom. The van der Waals surface area contributed by atoms with E-state index in [0.717, 1.165) is 37.8 Å². The van der Waals surface area contributed by atoms with Crippen molar-refractivity contribution in [2.75, 3.05) is 5.32 Å². The number of amides is 1. The molecule has 2 bridgehead atoms. The van der Waals surface area contributed by atoms with Gasteiger partial charge in [0, 0.05) is 11.8 Å². The molecule has 0 aliphatic heterocycles. The largest absolute Gasteiger partial charge is 0.506 e. The molecule has 4 aliphatic rings. The summed E-state index contributed by atoms with van der Waals surface area (Å²) in [5.74, 6) is -2.42. The smallest absolute Gasteiger partial charge is 0.339 e. The molecule has 0 unspecified atom stereocenters. The number of fused-ring (bicyclic) bond motifs is 2. The fourth-order valence-electron chi connectivity index (χ4n) is 5.91. The van der Waals surface area contributed by atoms with Crippen LogP contribution in [0.3, 0.4) is 0 Å². The molecule has 0 radical (unpaired) electrons. The van der Waals surface area contributed by atoms with Crippen molar-refractivity contribution in [1.82, 2.24) is 0 Å². The van der Waals surface area contributed by atoms with Gasteiger partial charge in [-0.05, 0) is 67.6 Å². The van der Waals surface area contributed by atoms with Crippen LogP contribution < -0.4 is 5.32 Å². The van der Waals surface area contributed by atoms with Crippen LogP contribution in [-0.4, -0.2) is 33.0 Å². The van der Waals surface area contributed by atoms with Gasteiger partial charge in [-0.25, -0.2) is 4.79 Å². The van der Waals surface area contributed by atoms with Crippen molar-refractivity contribution in [3.63, 3.8) is 0 Å². The fourth-order valence-corrected chi connectivity index (χ4v) is 5.91. The number of rotatable bonds is 5. The molecule has 7 heteroatoms. The number of benzene rings is 1. The van der Waals surface area contributed by atoms with Crippen LogP contribution in [0.25, 0.3) is 0 Å². The molecule has 3 fully saturated rings. The van der Waals surface area contributed by atoms with Gasteiger partial charge in [0.2, 0.25) is 5.91 Å². The van der Waals surface area contributed by atoms with E-state index in [1.54, 1.807) is 6.08 Å². The van der Waals surface area contributed by atoms with Gasteiger partial charge in [0.05, 0.1) is 0 Å². The molecule has 0 aromatic heterocycles. The number of ketones is 1. The summed E-state index contributed by atoms with van der Waals surface area (Å²) in [6.45, 7) is 6.17. The molecule has 7 nitrogen and oxygen atoms in total. The highest BCUT2D eigenvalue weighted by Gasteiger charge is 2.58. The van der Waals surface area contributed by atoms with Crippen LogP contribution >= 0.6 is 0 Å². The number of anilines is 1. The maximum absolute atomic E-state index is 12.9. The van der Waals surface area contributed by atoms with Gasteiger partial charge in [-0.1, -0.05) is 25.2 Å². The number of phenols is 2. The summed E-state index contributed by atoms with van der Waals surface area (Å²) in [5, 5.41) is 31.6. The lowest BCUT2D eigenvalue weighted by Crippen LogP contribution is -2.54. The molecular formula is C24H27NO6. The molecule has 1 amide bonds. The second-order valence-electron chi connectivity index (χ2n) is 9.42. The van der Waals surface area contributed by atoms with Crippen molar-refractivity contribution in [1.29, 1.82) is 0 Å². The molecule has 5 rings (SSSR count). The van der Waals surface area contributed by atoms with Crippen molar-refractivity contribution in [2.45, 2.75) is 45.4 Å². The third-order valence-corrected chi connectivity index (χ3v) is 7.73. The number of hydrogen-bond acceptors (Lipinski definition) is 5. The lowest BCUT2D eigenvalue weighted by molar-refractivity contribution is -0.136. The summed E-state index contributed by atoms with van der Waals surface area (Å²) >= 11 is 0. The molecule has 1 aromatic rings. The zero-order valence-electron chi connectivity index (χ0n) is 17.5. The maximum Gasteiger partial charge on any atom is 0.339 e. The monoisotopic (exact) mass is 425 g/mol. The SMILES string of the molecule is C=C1C[C@]23C=CC(=O)[C@](C)(CCC(=O)Nc4c(O)ccc(C(=O)O)c4O)[C@H]2C[C@H]1CC3. The number of carboxylic acids is 1. The molecule has 0 saturated heterocycles. The number of phenolic OH excluding ortho intramolecular Hbond substituents is 1. The molecule has 1 spiro atoms. The van der Waals surface area contributed by atoms with Gasteiger partial charge in [0.1, 0.15) is 17.0 Å². The maximum atomic E-state index is 12.9. The summed E-state index contributed by atoms with van der Waals surface area (Å²) in [6.07, 6.45) is 7.96. The van der Waals surface area contributed by atoms with E-state index in [0.29, 0.717) is 12.3 Å². The van der Waals surface area contributed by atoms with Crippen LogP contribution in [0.2, 0.25) is 0 Å². The highest BCUT2D eigenvalue weighted by Crippen LogP contribution is 2.64. The van der Waals surface area contributed by atoms with Crippen molar-refractivity contribution in [2.24, 2.45) is 22.7 Å². The predicted molar refractivity (Wildman–Crippen MR) is 114 cm³/mol. The molecular weight excluding hydrogens is 398 g/mol. The van der Waals surface area contributed by atoms with Crippen molar-refractivity contribution in [3.8, 4) is 11.5 Å². The van der Waals surface area contributed by atoms with E-state index in [2.05, 4.69) is 18.0 Å². The summed E-state index contributed by atoms with van der Waals surface area (Å²) in [4.78, 5) is 36.8. The van der Waals surface area contributed by atoms with Crippen LogP contribution in [0.5, 0.6) is 11.5 Å². The summed E-state index contributed by atoms with van der Waals surface area (Å²) in [7, 11) is 0. The third-order valence-electron chi connectivity index (χ3n) is 7.73. The van der Waals surface area contributed by atoms with Crippen molar-refractivity contribution < 1.29 is 29.7 Å². The minimum Gasteiger partial charge on any atom is -0.506 e. The molecule has 4 atom stereocenters. The van der Waals surface area contributed by atoms with Crippen molar-refractivity contribution in [3.05, 3.63) is 42.0 Å². The molecule has 1 aromatic carbocycles. The Morgan fingerprint density at radius 1 is 1.29 bits per heavy atom. The van der Waals surface area contributed by atoms with Crippen LogP contribution in [-0.2, 0) is 9.59 Å². The predicted octanol–water partition coefficient (Wildman–Crippen LogP) is 4.02. The third kappa shape index (κ3) is 3.32. The first kappa shape index (κ1) is 21.2. The Bertz CT molecular complexity index is 1030. The number of allylic oxidation sites excluding steroid dienone is 3. The van der Waals surface area contributed by atoms with Gasteiger partial charge in [0.25, 0.3) is 0 Å². The highest BCUT2D eigenvalue weighted by atomic mass is 16.4. The Kier molecular flexibility index (Phi) is 4.95. The Balaban J connectivity index is 1.52. The van der Waals surface area contributed by atoms with Crippen LogP contribution in [0.15, 0.2) is 36.4 Å². The normalized spacial score (nSPS) is 31.4. The van der Waals surface area contributed by atoms with Crippen LogP contribution in [0.4, 0.5) is 5.69 Å². The molecule has 31 heavy (non-hydrogen) atoms. The van der Waals surface area contributed by atoms with Crippen molar-refractivity contribution >= 4 is 23.3 Å². The topological polar surface area (TPSA) is 124 Å². The van der Waals surface area contributed by atoms with E-state index in [4.69, 9.17) is 5.11 Å². The second-order valence-corrected chi connectivity index (χ2v) is 9.42. The van der Waals surface area contributed by atoms with Gasteiger partial charge in [0.15, 0.2) is 11.5 Å². The first-order valence-electron chi connectivity index (χ1n) is 10.6. The average Bonchev–Trinajstić information content (AvgIpc) is 2.72. The van der Waals surface area contributed by atoms with Gasteiger partial charge in [-0.3, -0.25) is 9.59 Å². The standard InChI is InChI=1S/C24H27NO6/c1-13-12-24-9-5-14(13)11-17(24)23(2,18(27)6-10-24)8-7-19(28)25-20-16(26)4-3-15(21(20)29)22(30)31/h3-4,6,10,14,17,26,29H,1,5,7-9,11-12H2,2H3,(H,25,28)(H,30,31)/t14-,17-,23-,24+/m1/s1. The van der Waals surface area contributed by atoms with E-state index in [1.165, 1.54) is 5.57 Å². The second kappa shape index (κ2) is 7.25. The van der Waals surface area contributed by atoms with Crippen LogP contribution in [0.1, 0.15) is 55.8 Å². The number of aromatic carboxylic acids is 1. The number of nitrogens with one attached hydrogen (secondary N) is 1. The van der Waals surface area contributed by atoms with E-state index >= 15 is 0 Å². The number of carboxylic acid groups (broad SMARTS) is 1. The quantitative estimate of drug-likeness (QED) is 0.417. The zero-order valence-corrected chi connectivity index (χ0v) is 17.5. The molecule has 0 heterocycles. The van der Waals surface area contributed by atoms with Gasteiger partial charge >= 0.3 is 5.97 Å². The van der Waals surface area contributed by atoms with E-state index in [-0.39, 0.29) is 29.2 Å². The minimum atomic E-state index is -1.38. The fraction of sp³-hybridized carbons (Fsp3) is 0.458. The highest BCUT2D eigenvalue weighted by molar-refractivity contribution is 6.00.